The third kappa shape index (κ3) is 3.64. The molecule has 1 aliphatic carbocycles. The fourth-order valence-electron chi connectivity index (χ4n) is 3.11. The number of nitrogens with one attached hydrogen (secondary N) is 1. The lowest BCUT2D eigenvalue weighted by Crippen LogP contribution is -2.36. The molecule has 2 N–H and O–H groups in total. The number of anilines is 1. The van der Waals surface area contributed by atoms with Crippen LogP contribution >= 0.6 is 0 Å². The molecule has 1 saturated carbocycles. The topological polar surface area (TPSA) is 32.3 Å². The largest absolute Gasteiger partial charge is 0.391 e. The normalized spacial score (nSPS) is 22.0. The van der Waals surface area contributed by atoms with Crippen LogP contribution in [0.4, 0.5) is 5.69 Å². The van der Waals surface area contributed by atoms with Gasteiger partial charge in [0.05, 0.1) is 12.1 Å². The van der Waals surface area contributed by atoms with Gasteiger partial charge in [-0.1, -0.05) is 61.4 Å². The predicted octanol–water partition coefficient (Wildman–Crippen LogP) is 3.99. The van der Waals surface area contributed by atoms with Crippen LogP contribution in [0.1, 0.15) is 36.8 Å². The van der Waals surface area contributed by atoms with Gasteiger partial charge >= 0.3 is 0 Å². The lowest BCUT2D eigenvalue weighted by Gasteiger charge is -2.30. The number of para-hydroxylation sites is 1. The fourth-order valence-corrected chi connectivity index (χ4v) is 3.11. The molecule has 110 valence electrons. The Bertz CT molecular complexity index is 567. The van der Waals surface area contributed by atoms with E-state index < -0.39 is 0 Å². The molecule has 0 amide bonds. The Morgan fingerprint density at radius 3 is 2.43 bits per heavy atom. The van der Waals surface area contributed by atoms with Crippen molar-refractivity contribution in [3.05, 3.63) is 65.7 Å². The van der Waals surface area contributed by atoms with Gasteiger partial charge in [-0.25, -0.2) is 0 Å². The van der Waals surface area contributed by atoms with Gasteiger partial charge in [-0.2, -0.15) is 0 Å². The van der Waals surface area contributed by atoms with E-state index in [-0.39, 0.29) is 12.1 Å². The van der Waals surface area contributed by atoms with E-state index in [1.165, 1.54) is 17.5 Å². The minimum atomic E-state index is -0.219. The molecule has 2 nitrogen and oxygen atoms in total. The molecule has 21 heavy (non-hydrogen) atoms. The van der Waals surface area contributed by atoms with Crippen molar-refractivity contribution >= 4 is 5.69 Å². The molecule has 1 aliphatic rings. The first-order chi connectivity index (χ1) is 10.3. The first-order valence-electron chi connectivity index (χ1n) is 7.89. The van der Waals surface area contributed by atoms with Gasteiger partial charge in [0.15, 0.2) is 0 Å². The third-order valence-corrected chi connectivity index (χ3v) is 4.33. The molecule has 2 unspecified atom stereocenters. The molecule has 0 saturated heterocycles. The second kappa shape index (κ2) is 6.77. The van der Waals surface area contributed by atoms with E-state index in [1.807, 2.05) is 6.07 Å². The molecular formula is C19H23NO. The van der Waals surface area contributed by atoms with Crippen molar-refractivity contribution in [3.8, 4) is 0 Å². The molecule has 2 atom stereocenters. The summed E-state index contributed by atoms with van der Waals surface area (Å²) in [6, 6.07) is 19.2. The smallest absolute Gasteiger partial charge is 0.0741 e. The average Bonchev–Trinajstić information content (AvgIpc) is 2.52. The zero-order chi connectivity index (χ0) is 14.5. The Morgan fingerprint density at radius 1 is 0.905 bits per heavy atom. The molecule has 2 aromatic rings. The van der Waals surface area contributed by atoms with Crippen LogP contribution in [-0.2, 0) is 6.42 Å². The summed E-state index contributed by atoms with van der Waals surface area (Å²) < 4.78 is 0. The molecular weight excluding hydrogens is 258 g/mol. The first kappa shape index (κ1) is 14.2. The Balaban J connectivity index is 1.76. The second-order valence-corrected chi connectivity index (χ2v) is 5.92. The standard InChI is InChI=1S/C19H23NO/c21-19-13-7-6-12-18(19)20-17-11-5-4-10-16(17)14-15-8-2-1-3-9-15/h1-5,8-11,18-21H,6-7,12-14H2. The summed E-state index contributed by atoms with van der Waals surface area (Å²) in [4.78, 5) is 0. The van der Waals surface area contributed by atoms with Gasteiger partial charge in [0, 0.05) is 5.69 Å². The van der Waals surface area contributed by atoms with E-state index >= 15 is 0 Å². The van der Waals surface area contributed by atoms with Crippen LogP contribution in [0.3, 0.4) is 0 Å². The number of hydrogen-bond acceptors (Lipinski definition) is 2. The summed E-state index contributed by atoms with van der Waals surface area (Å²) in [7, 11) is 0. The maximum absolute atomic E-state index is 10.1. The van der Waals surface area contributed by atoms with Crippen molar-refractivity contribution < 1.29 is 5.11 Å². The molecule has 0 radical (unpaired) electrons. The van der Waals surface area contributed by atoms with E-state index in [0.29, 0.717) is 0 Å². The van der Waals surface area contributed by atoms with Crippen LogP contribution in [0.25, 0.3) is 0 Å². The highest BCUT2D eigenvalue weighted by atomic mass is 16.3. The van der Waals surface area contributed by atoms with Gasteiger partial charge in [0.1, 0.15) is 0 Å². The van der Waals surface area contributed by atoms with Crippen molar-refractivity contribution in [1.82, 2.24) is 0 Å². The van der Waals surface area contributed by atoms with Crippen LogP contribution in [0, 0.1) is 0 Å². The lowest BCUT2D eigenvalue weighted by atomic mass is 9.92. The highest BCUT2D eigenvalue weighted by molar-refractivity contribution is 5.53. The molecule has 1 fully saturated rings. The number of aliphatic hydroxyl groups is 1. The Morgan fingerprint density at radius 2 is 1.62 bits per heavy atom. The Hall–Kier alpha value is -1.80. The molecule has 3 rings (SSSR count). The van der Waals surface area contributed by atoms with Crippen LogP contribution in [0.5, 0.6) is 0 Å². The van der Waals surface area contributed by atoms with Crippen molar-refractivity contribution in [2.45, 2.75) is 44.2 Å². The molecule has 0 aliphatic heterocycles. The quantitative estimate of drug-likeness (QED) is 0.888. The van der Waals surface area contributed by atoms with Gasteiger partial charge in [-0.15, -0.1) is 0 Å². The van der Waals surface area contributed by atoms with Crippen LogP contribution in [-0.4, -0.2) is 17.3 Å². The number of hydrogen-bond donors (Lipinski definition) is 2. The van der Waals surface area contributed by atoms with Gasteiger partial charge in [-0.05, 0) is 36.5 Å². The molecule has 2 heteroatoms. The van der Waals surface area contributed by atoms with E-state index in [0.717, 1.165) is 31.4 Å². The zero-order valence-electron chi connectivity index (χ0n) is 12.3. The molecule has 0 bridgehead atoms. The summed E-state index contributed by atoms with van der Waals surface area (Å²) in [5.41, 5.74) is 3.77. The molecule has 0 heterocycles. The van der Waals surface area contributed by atoms with Crippen LogP contribution in [0.15, 0.2) is 54.6 Å². The minimum Gasteiger partial charge on any atom is -0.391 e. The van der Waals surface area contributed by atoms with E-state index in [9.17, 15) is 5.11 Å². The maximum Gasteiger partial charge on any atom is 0.0741 e. The SMILES string of the molecule is OC1CCCCC1Nc1ccccc1Cc1ccccc1. The number of benzene rings is 2. The van der Waals surface area contributed by atoms with Crippen molar-refractivity contribution in [1.29, 1.82) is 0 Å². The van der Waals surface area contributed by atoms with E-state index in [1.54, 1.807) is 0 Å². The van der Waals surface area contributed by atoms with Gasteiger partial charge < -0.3 is 10.4 Å². The van der Waals surface area contributed by atoms with Gasteiger partial charge in [-0.3, -0.25) is 0 Å². The highest BCUT2D eigenvalue weighted by Gasteiger charge is 2.23. The molecule has 2 aromatic carbocycles. The summed E-state index contributed by atoms with van der Waals surface area (Å²) in [6.45, 7) is 0. The predicted molar refractivity (Wildman–Crippen MR) is 87.6 cm³/mol. The third-order valence-electron chi connectivity index (χ3n) is 4.33. The fraction of sp³-hybridized carbons (Fsp3) is 0.368. The van der Waals surface area contributed by atoms with Crippen LogP contribution in [0.2, 0.25) is 0 Å². The van der Waals surface area contributed by atoms with Gasteiger partial charge in [0.2, 0.25) is 0 Å². The summed E-state index contributed by atoms with van der Waals surface area (Å²) in [5.74, 6) is 0. The van der Waals surface area contributed by atoms with Gasteiger partial charge in [0.25, 0.3) is 0 Å². The monoisotopic (exact) mass is 281 g/mol. The van der Waals surface area contributed by atoms with E-state index in [2.05, 4.69) is 53.8 Å². The highest BCUT2D eigenvalue weighted by Crippen LogP contribution is 2.25. The van der Waals surface area contributed by atoms with Crippen molar-refractivity contribution in [2.24, 2.45) is 0 Å². The molecule has 0 spiro atoms. The summed E-state index contributed by atoms with van der Waals surface area (Å²) >= 11 is 0. The Kier molecular flexibility index (Phi) is 4.56. The lowest BCUT2D eigenvalue weighted by molar-refractivity contribution is 0.116. The van der Waals surface area contributed by atoms with E-state index in [4.69, 9.17) is 0 Å². The zero-order valence-corrected chi connectivity index (χ0v) is 12.3. The first-order valence-corrected chi connectivity index (χ1v) is 7.89. The van der Waals surface area contributed by atoms with Crippen LogP contribution < -0.4 is 5.32 Å². The minimum absolute atomic E-state index is 0.190. The summed E-state index contributed by atoms with van der Waals surface area (Å²) in [6.07, 6.45) is 5.02. The summed E-state index contributed by atoms with van der Waals surface area (Å²) in [5, 5.41) is 13.7. The number of aliphatic hydroxyl groups excluding tert-OH is 1. The average molecular weight is 281 g/mol. The van der Waals surface area contributed by atoms with Crippen molar-refractivity contribution in [2.75, 3.05) is 5.32 Å². The van der Waals surface area contributed by atoms with Crippen molar-refractivity contribution in [3.63, 3.8) is 0 Å². The molecule has 0 aromatic heterocycles. The second-order valence-electron chi connectivity index (χ2n) is 5.92. The number of rotatable bonds is 4. The Labute approximate surface area is 126 Å². The maximum atomic E-state index is 10.1.